The first kappa shape index (κ1) is 17.8. The van der Waals surface area contributed by atoms with Crippen LogP contribution in [0.2, 0.25) is 5.15 Å². The summed E-state index contributed by atoms with van der Waals surface area (Å²) in [6, 6.07) is 11.3. The van der Waals surface area contributed by atoms with Crippen LogP contribution in [0.25, 0.3) is 16.9 Å². The number of H-pyrrole nitrogens is 1. The lowest BCUT2D eigenvalue weighted by Gasteiger charge is -2.19. The van der Waals surface area contributed by atoms with Gasteiger partial charge < -0.3 is 16.8 Å². The largest absolute Gasteiger partial charge is 0.393 e. The number of imidazole rings is 1. The zero-order valence-corrected chi connectivity index (χ0v) is 15.6. The van der Waals surface area contributed by atoms with Crippen molar-refractivity contribution in [3.63, 3.8) is 0 Å². The minimum atomic E-state index is -0.585. The quantitative estimate of drug-likeness (QED) is 0.415. The first-order valence-corrected chi connectivity index (χ1v) is 8.83. The molecule has 3 heterocycles. The number of nitrogens with two attached hydrogens (primary N) is 2. The van der Waals surface area contributed by atoms with E-state index >= 15 is 0 Å². The van der Waals surface area contributed by atoms with Crippen LogP contribution < -0.4 is 22.5 Å². The van der Waals surface area contributed by atoms with Crippen LogP contribution in [0.3, 0.4) is 0 Å². The van der Waals surface area contributed by atoms with Gasteiger partial charge in [-0.2, -0.15) is 10.1 Å². The molecule has 28 heavy (non-hydrogen) atoms. The lowest BCUT2D eigenvalue weighted by atomic mass is 10.0. The molecule has 0 unspecified atom stereocenters. The number of rotatable bonds is 4. The molecule has 9 nitrogen and oxygen atoms in total. The zero-order chi connectivity index (χ0) is 19.8. The Labute approximate surface area is 164 Å². The second kappa shape index (κ2) is 6.86. The Hall–Kier alpha value is -3.59. The maximum Gasteiger partial charge on any atom is 0.348 e. The summed E-state index contributed by atoms with van der Waals surface area (Å²) in [6.45, 7) is 1.91. The third-order valence-electron chi connectivity index (χ3n) is 4.35. The van der Waals surface area contributed by atoms with Gasteiger partial charge in [-0.25, -0.2) is 14.3 Å². The van der Waals surface area contributed by atoms with Gasteiger partial charge >= 0.3 is 5.69 Å². The van der Waals surface area contributed by atoms with Gasteiger partial charge in [-0.15, -0.1) is 0 Å². The Morgan fingerprint density at radius 2 is 2.00 bits per heavy atom. The van der Waals surface area contributed by atoms with Gasteiger partial charge in [-0.3, -0.25) is 4.98 Å². The van der Waals surface area contributed by atoms with Crippen molar-refractivity contribution in [1.82, 2.24) is 24.6 Å². The molecule has 0 saturated heterocycles. The number of hydrogen-bond donors (Lipinski definition) is 4. The fraction of sp³-hybridized carbons (Fsp3) is 0.111. The Morgan fingerprint density at radius 1 is 1.25 bits per heavy atom. The molecule has 0 saturated carbocycles. The highest BCUT2D eigenvalue weighted by Gasteiger charge is 2.19. The Morgan fingerprint density at radius 3 is 2.75 bits per heavy atom. The zero-order valence-electron chi connectivity index (χ0n) is 14.8. The monoisotopic (exact) mass is 396 g/mol. The Kier molecular flexibility index (Phi) is 4.36. The first-order chi connectivity index (χ1) is 13.4. The third kappa shape index (κ3) is 3.12. The molecular weight excluding hydrogens is 380 g/mol. The molecule has 6 N–H and O–H groups in total. The van der Waals surface area contributed by atoms with E-state index in [1.54, 1.807) is 4.52 Å². The Bertz CT molecular complexity index is 1220. The SMILES string of the molecule is C[C@H](Nc1nc(=O)[nH]c(N)c1N)c1cc2ncc(Cl)n2nc1-c1ccccc1. The topological polar surface area (TPSA) is 140 Å². The number of nitrogen functional groups attached to an aromatic ring is 2. The summed E-state index contributed by atoms with van der Waals surface area (Å²) in [7, 11) is 0. The van der Waals surface area contributed by atoms with E-state index in [0.717, 1.165) is 11.1 Å². The number of aromatic nitrogens is 5. The lowest BCUT2D eigenvalue weighted by Crippen LogP contribution is -2.20. The van der Waals surface area contributed by atoms with Crippen LogP contribution >= 0.6 is 11.6 Å². The second-order valence-corrected chi connectivity index (χ2v) is 6.64. The molecule has 4 rings (SSSR count). The smallest absolute Gasteiger partial charge is 0.348 e. The van der Waals surface area contributed by atoms with Crippen LogP contribution in [-0.2, 0) is 0 Å². The van der Waals surface area contributed by atoms with Gasteiger partial charge in [0, 0.05) is 11.1 Å². The number of nitrogens with zero attached hydrogens (tertiary/aromatic N) is 4. The molecule has 4 aromatic rings. The fourth-order valence-electron chi connectivity index (χ4n) is 2.94. The normalized spacial score (nSPS) is 12.2. The summed E-state index contributed by atoms with van der Waals surface area (Å²) in [6.07, 6.45) is 1.54. The molecule has 0 spiro atoms. The van der Waals surface area contributed by atoms with Gasteiger partial charge in [0.05, 0.1) is 17.9 Å². The van der Waals surface area contributed by atoms with E-state index in [9.17, 15) is 4.79 Å². The van der Waals surface area contributed by atoms with Crippen molar-refractivity contribution in [2.24, 2.45) is 0 Å². The van der Waals surface area contributed by atoms with E-state index in [1.165, 1.54) is 6.20 Å². The molecule has 3 aromatic heterocycles. The van der Waals surface area contributed by atoms with E-state index in [2.05, 4.69) is 25.4 Å². The van der Waals surface area contributed by atoms with Crippen LogP contribution in [0.5, 0.6) is 0 Å². The van der Waals surface area contributed by atoms with Gasteiger partial charge in [-0.05, 0) is 13.0 Å². The van der Waals surface area contributed by atoms with Gasteiger partial charge in [0.1, 0.15) is 11.5 Å². The van der Waals surface area contributed by atoms with Crippen molar-refractivity contribution in [3.8, 4) is 11.3 Å². The summed E-state index contributed by atoms with van der Waals surface area (Å²) < 4.78 is 1.57. The van der Waals surface area contributed by atoms with Crippen molar-refractivity contribution < 1.29 is 0 Å². The molecular formula is C18H17ClN8O. The van der Waals surface area contributed by atoms with Gasteiger partial charge in [-0.1, -0.05) is 41.9 Å². The number of halogens is 1. The maximum atomic E-state index is 11.7. The first-order valence-electron chi connectivity index (χ1n) is 8.45. The van der Waals surface area contributed by atoms with Crippen molar-refractivity contribution >= 4 is 34.6 Å². The summed E-state index contributed by atoms with van der Waals surface area (Å²) >= 11 is 6.19. The molecule has 1 aromatic carbocycles. The minimum Gasteiger partial charge on any atom is -0.393 e. The van der Waals surface area contributed by atoms with Crippen molar-refractivity contribution in [1.29, 1.82) is 0 Å². The highest BCUT2D eigenvalue weighted by atomic mass is 35.5. The molecule has 0 radical (unpaired) electrons. The van der Waals surface area contributed by atoms with Crippen LogP contribution in [0.4, 0.5) is 17.3 Å². The van der Waals surface area contributed by atoms with Crippen LogP contribution in [0, 0.1) is 0 Å². The Balaban J connectivity index is 1.84. The second-order valence-electron chi connectivity index (χ2n) is 6.25. The van der Waals surface area contributed by atoms with E-state index < -0.39 is 5.69 Å². The van der Waals surface area contributed by atoms with Gasteiger partial charge in [0.2, 0.25) is 0 Å². The standard InChI is InChI=1S/C18H17ClN8O/c1-9(23-17-14(20)16(21)24-18(28)25-17)11-7-13-22-8-12(19)27(13)26-15(11)10-5-3-2-4-6-10/h2-9H,20H2,1H3,(H4,21,23,24,25,28)/t9-/m0/s1. The summed E-state index contributed by atoms with van der Waals surface area (Å²) in [5.74, 6) is 0.264. The number of aromatic amines is 1. The molecule has 0 amide bonds. The predicted octanol–water partition coefficient (Wildman–Crippen LogP) is 2.47. The highest BCUT2D eigenvalue weighted by molar-refractivity contribution is 6.29. The molecule has 142 valence electrons. The molecule has 0 bridgehead atoms. The average molecular weight is 397 g/mol. The van der Waals surface area contributed by atoms with E-state index in [4.69, 9.17) is 23.1 Å². The third-order valence-corrected chi connectivity index (χ3v) is 4.61. The summed E-state index contributed by atoms with van der Waals surface area (Å²) in [5.41, 5.74) is 14.3. The van der Waals surface area contributed by atoms with Crippen LogP contribution in [-0.4, -0.2) is 24.6 Å². The highest BCUT2D eigenvalue weighted by Crippen LogP contribution is 2.31. The minimum absolute atomic E-state index is 0.0617. The fourth-order valence-corrected chi connectivity index (χ4v) is 3.12. The van der Waals surface area contributed by atoms with E-state index in [1.807, 2.05) is 43.3 Å². The lowest BCUT2D eigenvalue weighted by molar-refractivity contribution is 0.839. The van der Waals surface area contributed by atoms with E-state index in [-0.39, 0.29) is 23.4 Å². The number of hydrogen-bond acceptors (Lipinski definition) is 7. The van der Waals surface area contributed by atoms with E-state index in [0.29, 0.717) is 16.5 Å². The molecule has 0 aliphatic heterocycles. The number of anilines is 3. The number of nitrogens with one attached hydrogen (secondary N) is 2. The summed E-state index contributed by atoms with van der Waals surface area (Å²) in [5, 5.41) is 8.22. The number of benzene rings is 1. The molecule has 0 aliphatic carbocycles. The summed E-state index contributed by atoms with van der Waals surface area (Å²) in [4.78, 5) is 22.2. The predicted molar refractivity (Wildman–Crippen MR) is 109 cm³/mol. The molecule has 10 heteroatoms. The van der Waals surface area contributed by atoms with Gasteiger partial charge in [0.25, 0.3) is 0 Å². The van der Waals surface area contributed by atoms with Crippen molar-refractivity contribution in [2.75, 3.05) is 16.8 Å². The van der Waals surface area contributed by atoms with Crippen molar-refractivity contribution in [3.05, 3.63) is 63.8 Å². The van der Waals surface area contributed by atoms with Gasteiger partial charge in [0.15, 0.2) is 16.6 Å². The van der Waals surface area contributed by atoms with Crippen LogP contribution in [0.1, 0.15) is 18.5 Å². The molecule has 0 fully saturated rings. The van der Waals surface area contributed by atoms with Crippen molar-refractivity contribution in [2.45, 2.75) is 13.0 Å². The number of fused-ring (bicyclic) bond motifs is 1. The van der Waals surface area contributed by atoms with Crippen LogP contribution in [0.15, 0.2) is 47.4 Å². The average Bonchev–Trinajstić information content (AvgIpc) is 3.05. The maximum absolute atomic E-state index is 11.7. The molecule has 1 atom stereocenters. The molecule has 0 aliphatic rings.